The lowest BCUT2D eigenvalue weighted by atomic mass is 10.2. The first-order chi connectivity index (χ1) is 8.63. The molecule has 18 heavy (non-hydrogen) atoms. The summed E-state index contributed by atoms with van der Waals surface area (Å²) in [7, 11) is 1.60. The zero-order chi connectivity index (χ0) is 13.4. The molecular formula is C13H15FO4. The van der Waals surface area contributed by atoms with E-state index in [1.165, 1.54) is 24.3 Å². The average Bonchev–Trinajstić information content (AvgIpc) is 2.34. The molecule has 0 atom stereocenters. The first kappa shape index (κ1) is 14.2. The standard InChI is InChI=1S/C13H15FO4/c1-17-7-2-8-18-12-5-4-11(14)9-10(12)3-6-13(15)16/h3-6,9H,2,7-8H2,1H3,(H,15,16)/b6-3+. The number of carbonyl (C=O) groups is 1. The Morgan fingerprint density at radius 3 is 2.89 bits per heavy atom. The Morgan fingerprint density at radius 2 is 2.22 bits per heavy atom. The molecule has 0 aliphatic heterocycles. The summed E-state index contributed by atoms with van der Waals surface area (Å²) < 4.78 is 23.4. The molecular weight excluding hydrogens is 239 g/mol. The van der Waals surface area contributed by atoms with E-state index in [4.69, 9.17) is 14.6 Å². The second-order valence-electron chi connectivity index (χ2n) is 3.55. The Balaban J connectivity index is 2.73. The third kappa shape index (κ3) is 4.97. The van der Waals surface area contributed by atoms with Crippen molar-refractivity contribution in [3.05, 3.63) is 35.7 Å². The van der Waals surface area contributed by atoms with Crippen LogP contribution in [0.1, 0.15) is 12.0 Å². The highest BCUT2D eigenvalue weighted by molar-refractivity contribution is 5.85. The minimum Gasteiger partial charge on any atom is -0.493 e. The molecule has 0 fully saturated rings. The van der Waals surface area contributed by atoms with Crippen LogP contribution >= 0.6 is 0 Å². The zero-order valence-corrected chi connectivity index (χ0v) is 10.1. The van der Waals surface area contributed by atoms with Crippen molar-refractivity contribution in [2.75, 3.05) is 20.3 Å². The van der Waals surface area contributed by atoms with Crippen LogP contribution in [0, 0.1) is 5.82 Å². The van der Waals surface area contributed by atoms with Crippen LogP contribution in [0.5, 0.6) is 5.75 Å². The maximum absolute atomic E-state index is 13.1. The van der Waals surface area contributed by atoms with Gasteiger partial charge in [0.05, 0.1) is 6.61 Å². The van der Waals surface area contributed by atoms with E-state index in [0.717, 1.165) is 6.08 Å². The van der Waals surface area contributed by atoms with E-state index in [1.54, 1.807) is 7.11 Å². The number of halogens is 1. The zero-order valence-electron chi connectivity index (χ0n) is 10.1. The van der Waals surface area contributed by atoms with Gasteiger partial charge in [-0.15, -0.1) is 0 Å². The summed E-state index contributed by atoms with van der Waals surface area (Å²) in [6, 6.07) is 3.97. The number of carboxylic acids is 1. The summed E-state index contributed by atoms with van der Waals surface area (Å²) in [5.74, 6) is -1.08. The first-order valence-electron chi connectivity index (χ1n) is 5.46. The van der Waals surface area contributed by atoms with Crippen LogP contribution < -0.4 is 4.74 Å². The van der Waals surface area contributed by atoms with Gasteiger partial charge in [0.25, 0.3) is 0 Å². The second kappa shape index (κ2) is 7.45. The van der Waals surface area contributed by atoms with Gasteiger partial charge < -0.3 is 14.6 Å². The van der Waals surface area contributed by atoms with Crippen LogP contribution in [0.2, 0.25) is 0 Å². The largest absolute Gasteiger partial charge is 0.493 e. The van der Waals surface area contributed by atoms with Crippen LogP contribution in [-0.2, 0) is 9.53 Å². The van der Waals surface area contributed by atoms with E-state index in [0.29, 0.717) is 30.9 Å². The molecule has 1 rings (SSSR count). The van der Waals surface area contributed by atoms with Gasteiger partial charge in [0.1, 0.15) is 11.6 Å². The molecule has 0 heterocycles. The fraction of sp³-hybridized carbons (Fsp3) is 0.308. The van der Waals surface area contributed by atoms with Crippen LogP contribution in [0.25, 0.3) is 6.08 Å². The highest BCUT2D eigenvalue weighted by Gasteiger charge is 2.03. The van der Waals surface area contributed by atoms with Crippen molar-refractivity contribution in [2.24, 2.45) is 0 Å². The van der Waals surface area contributed by atoms with Gasteiger partial charge in [-0.3, -0.25) is 0 Å². The topological polar surface area (TPSA) is 55.8 Å². The van der Waals surface area contributed by atoms with Gasteiger partial charge in [-0.2, -0.15) is 0 Å². The second-order valence-corrected chi connectivity index (χ2v) is 3.55. The van der Waals surface area contributed by atoms with Crippen molar-refractivity contribution < 1.29 is 23.8 Å². The number of ether oxygens (including phenoxy) is 2. The predicted molar refractivity (Wildman–Crippen MR) is 65.1 cm³/mol. The minimum atomic E-state index is -1.09. The molecule has 0 unspecified atom stereocenters. The van der Waals surface area contributed by atoms with Gasteiger partial charge in [-0.05, 0) is 24.3 Å². The molecule has 1 aromatic rings. The number of benzene rings is 1. The summed E-state index contributed by atoms with van der Waals surface area (Å²) in [5.41, 5.74) is 0.398. The molecule has 0 radical (unpaired) electrons. The highest BCUT2D eigenvalue weighted by atomic mass is 19.1. The number of hydrogen-bond acceptors (Lipinski definition) is 3. The molecule has 98 valence electrons. The SMILES string of the molecule is COCCCOc1ccc(F)cc1/C=C/C(=O)O. The molecule has 0 spiro atoms. The Hall–Kier alpha value is -1.88. The molecule has 1 N–H and O–H groups in total. The predicted octanol–water partition coefficient (Wildman–Crippen LogP) is 2.34. The number of aliphatic carboxylic acids is 1. The molecule has 1 aromatic carbocycles. The molecule has 0 aliphatic rings. The third-order valence-electron chi connectivity index (χ3n) is 2.13. The fourth-order valence-corrected chi connectivity index (χ4v) is 1.33. The number of hydrogen-bond donors (Lipinski definition) is 1. The lowest BCUT2D eigenvalue weighted by Crippen LogP contribution is -2.02. The van der Waals surface area contributed by atoms with E-state index in [2.05, 4.69) is 0 Å². The number of methoxy groups -OCH3 is 1. The summed E-state index contributed by atoms with van der Waals surface area (Å²) >= 11 is 0. The van der Waals surface area contributed by atoms with Crippen molar-refractivity contribution in [3.63, 3.8) is 0 Å². The molecule has 0 aromatic heterocycles. The molecule has 4 nitrogen and oxygen atoms in total. The Morgan fingerprint density at radius 1 is 1.44 bits per heavy atom. The number of rotatable bonds is 7. The van der Waals surface area contributed by atoms with Gasteiger partial charge in [-0.25, -0.2) is 9.18 Å². The Bertz CT molecular complexity index is 429. The van der Waals surface area contributed by atoms with Crippen LogP contribution in [0.3, 0.4) is 0 Å². The van der Waals surface area contributed by atoms with Crippen molar-refractivity contribution in [3.8, 4) is 5.75 Å². The summed E-state index contributed by atoms with van der Waals surface area (Å²) in [6.45, 7) is 0.995. The van der Waals surface area contributed by atoms with Gasteiger partial charge in [-0.1, -0.05) is 0 Å². The van der Waals surface area contributed by atoms with Crippen LogP contribution in [0.4, 0.5) is 4.39 Å². The van der Waals surface area contributed by atoms with Gasteiger partial charge in [0.15, 0.2) is 0 Å². The highest BCUT2D eigenvalue weighted by Crippen LogP contribution is 2.21. The normalized spacial score (nSPS) is 10.8. The lowest BCUT2D eigenvalue weighted by molar-refractivity contribution is -0.131. The van der Waals surface area contributed by atoms with Gasteiger partial charge >= 0.3 is 5.97 Å². The van der Waals surface area contributed by atoms with Crippen LogP contribution in [0.15, 0.2) is 24.3 Å². The Labute approximate surface area is 105 Å². The van der Waals surface area contributed by atoms with Crippen molar-refractivity contribution in [1.29, 1.82) is 0 Å². The smallest absolute Gasteiger partial charge is 0.328 e. The van der Waals surface area contributed by atoms with Crippen molar-refractivity contribution in [2.45, 2.75) is 6.42 Å². The van der Waals surface area contributed by atoms with Gasteiger partial charge in [0.2, 0.25) is 0 Å². The summed E-state index contributed by atoms with van der Waals surface area (Å²) in [5, 5.41) is 8.54. The van der Waals surface area contributed by atoms with E-state index in [1.807, 2.05) is 0 Å². The third-order valence-corrected chi connectivity index (χ3v) is 2.13. The number of carboxylic acid groups (broad SMARTS) is 1. The van der Waals surface area contributed by atoms with Crippen molar-refractivity contribution >= 4 is 12.0 Å². The Kier molecular flexibility index (Phi) is 5.87. The molecule has 0 saturated carbocycles. The molecule has 0 aliphatic carbocycles. The van der Waals surface area contributed by atoms with E-state index in [9.17, 15) is 9.18 Å². The monoisotopic (exact) mass is 254 g/mol. The fourth-order valence-electron chi connectivity index (χ4n) is 1.33. The summed E-state index contributed by atoms with van der Waals surface area (Å²) in [6.07, 6.45) is 2.95. The minimum absolute atomic E-state index is 0.398. The van der Waals surface area contributed by atoms with Crippen molar-refractivity contribution in [1.82, 2.24) is 0 Å². The molecule has 5 heteroatoms. The lowest BCUT2D eigenvalue weighted by Gasteiger charge is -2.09. The van der Waals surface area contributed by atoms with Crippen LogP contribution in [-0.4, -0.2) is 31.4 Å². The van der Waals surface area contributed by atoms with E-state index < -0.39 is 11.8 Å². The molecule has 0 saturated heterocycles. The van der Waals surface area contributed by atoms with E-state index in [-0.39, 0.29) is 0 Å². The quantitative estimate of drug-likeness (QED) is 0.599. The summed E-state index contributed by atoms with van der Waals surface area (Å²) in [4.78, 5) is 10.4. The van der Waals surface area contributed by atoms with E-state index >= 15 is 0 Å². The first-order valence-corrected chi connectivity index (χ1v) is 5.46. The maximum Gasteiger partial charge on any atom is 0.328 e. The van der Waals surface area contributed by atoms with Gasteiger partial charge in [0, 0.05) is 31.8 Å². The molecule has 0 bridgehead atoms. The molecule has 0 amide bonds. The average molecular weight is 254 g/mol. The maximum atomic E-state index is 13.1.